The number of hydrogen-bond donors (Lipinski definition) is 3. The van der Waals surface area contributed by atoms with Crippen molar-refractivity contribution in [2.75, 3.05) is 0 Å². The minimum atomic E-state index is -1.82. The Labute approximate surface area is 218 Å². The van der Waals surface area contributed by atoms with E-state index in [2.05, 4.69) is 11.9 Å². The lowest BCUT2D eigenvalue weighted by atomic mass is 9.51. The number of aliphatic hydroxyl groups excluding tert-OH is 1. The van der Waals surface area contributed by atoms with Crippen LogP contribution in [0.15, 0.2) is 66.8 Å². The SMILES string of the molecule is C=C1[C@H](C)[C@@H]2[C@@H](Cc3ccccc3)NC(=O)[C@@]23[C@@H](OC(C)=O)C=C[C@](C)(O)C(=O)[C@H](C)C/C=C/[C@@H]3[C@H]1O. The summed E-state index contributed by atoms with van der Waals surface area (Å²) in [6, 6.07) is 9.49. The molecule has 3 aliphatic rings. The molecule has 9 atom stereocenters. The summed E-state index contributed by atoms with van der Waals surface area (Å²) in [5, 5.41) is 25.7. The van der Waals surface area contributed by atoms with Gasteiger partial charge in [-0.3, -0.25) is 14.4 Å². The van der Waals surface area contributed by atoms with Crippen molar-refractivity contribution in [3.05, 3.63) is 72.4 Å². The summed E-state index contributed by atoms with van der Waals surface area (Å²) in [5.41, 5.74) is -1.55. The number of ketones is 1. The predicted molar refractivity (Wildman–Crippen MR) is 139 cm³/mol. The summed E-state index contributed by atoms with van der Waals surface area (Å²) in [6.45, 7) is 10.5. The van der Waals surface area contributed by atoms with Crippen molar-refractivity contribution in [1.29, 1.82) is 0 Å². The van der Waals surface area contributed by atoms with Gasteiger partial charge in [-0.15, -0.1) is 0 Å². The van der Waals surface area contributed by atoms with Crippen molar-refractivity contribution in [2.45, 2.75) is 64.4 Å². The van der Waals surface area contributed by atoms with Gasteiger partial charge in [-0.25, -0.2) is 0 Å². The number of rotatable bonds is 3. The first kappa shape index (κ1) is 27.0. The molecule has 0 aromatic heterocycles. The van der Waals surface area contributed by atoms with Crippen LogP contribution < -0.4 is 5.32 Å². The van der Waals surface area contributed by atoms with E-state index in [9.17, 15) is 24.6 Å². The number of carbonyl (C=O) groups excluding carboxylic acids is 3. The van der Waals surface area contributed by atoms with Gasteiger partial charge < -0.3 is 20.3 Å². The van der Waals surface area contributed by atoms with E-state index < -0.39 is 46.9 Å². The molecule has 4 rings (SSSR count). The number of carbonyl (C=O) groups is 3. The molecule has 7 nitrogen and oxygen atoms in total. The molecule has 7 heteroatoms. The fourth-order valence-corrected chi connectivity index (χ4v) is 6.68. The molecule has 2 fully saturated rings. The number of hydrogen-bond acceptors (Lipinski definition) is 6. The third kappa shape index (κ3) is 4.59. The Kier molecular flexibility index (Phi) is 7.32. The van der Waals surface area contributed by atoms with Crippen LogP contribution >= 0.6 is 0 Å². The van der Waals surface area contributed by atoms with Crippen LogP contribution in [0.25, 0.3) is 0 Å². The van der Waals surface area contributed by atoms with E-state index in [0.717, 1.165) is 5.56 Å². The molecule has 1 aromatic carbocycles. The fraction of sp³-hybridized carbons (Fsp3) is 0.500. The van der Waals surface area contributed by atoms with Crippen molar-refractivity contribution < 1.29 is 29.3 Å². The molecule has 3 N–H and O–H groups in total. The van der Waals surface area contributed by atoms with Crippen molar-refractivity contribution in [3.8, 4) is 0 Å². The van der Waals surface area contributed by atoms with Gasteiger partial charge in [-0.2, -0.15) is 0 Å². The van der Waals surface area contributed by atoms with E-state index in [-0.39, 0.29) is 23.7 Å². The largest absolute Gasteiger partial charge is 0.457 e. The lowest BCUT2D eigenvalue weighted by Gasteiger charge is -2.52. The molecule has 1 amide bonds. The van der Waals surface area contributed by atoms with Crippen LogP contribution in [0, 0.1) is 29.1 Å². The first-order valence-electron chi connectivity index (χ1n) is 12.9. The fourth-order valence-electron chi connectivity index (χ4n) is 6.68. The normalized spacial score (nSPS) is 40.7. The lowest BCUT2D eigenvalue weighted by molar-refractivity contribution is -0.166. The highest BCUT2D eigenvalue weighted by Crippen LogP contribution is 2.58. The summed E-state index contributed by atoms with van der Waals surface area (Å²) >= 11 is 0. The highest BCUT2D eigenvalue weighted by Gasteiger charge is 2.68. The highest BCUT2D eigenvalue weighted by atomic mass is 16.5. The lowest BCUT2D eigenvalue weighted by Crippen LogP contribution is -2.60. The molecule has 37 heavy (non-hydrogen) atoms. The topological polar surface area (TPSA) is 113 Å². The van der Waals surface area contributed by atoms with Crippen LogP contribution in [0.2, 0.25) is 0 Å². The Bertz CT molecular complexity index is 1140. The first-order chi connectivity index (χ1) is 17.4. The second-order valence-electron chi connectivity index (χ2n) is 11.0. The van der Waals surface area contributed by atoms with Gasteiger partial charge in [-0.1, -0.05) is 62.9 Å². The van der Waals surface area contributed by atoms with Gasteiger partial charge in [0.1, 0.15) is 17.1 Å². The van der Waals surface area contributed by atoms with Crippen LogP contribution in [-0.4, -0.2) is 51.7 Å². The quantitative estimate of drug-likeness (QED) is 0.428. The van der Waals surface area contributed by atoms with Gasteiger partial charge >= 0.3 is 5.97 Å². The van der Waals surface area contributed by atoms with Crippen molar-refractivity contribution in [3.63, 3.8) is 0 Å². The van der Waals surface area contributed by atoms with Gasteiger partial charge in [0, 0.05) is 30.7 Å². The molecule has 1 aliphatic heterocycles. The number of nitrogens with one attached hydrogen (secondary N) is 1. The number of Topliss-reactive ketones (excluding diaryl/α,β-unsaturated/α-hetero) is 1. The van der Waals surface area contributed by atoms with Crippen LogP contribution in [0.4, 0.5) is 0 Å². The molecule has 0 bridgehead atoms. The van der Waals surface area contributed by atoms with Crippen LogP contribution in [-0.2, 0) is 25.5 Å². The van der Waals surface area contributed by atoms with Gasteiger partial charge in [0.15, 0.2) is 5.78 Å². The van der Waals surface area contributed by atoms with E-state index in [4.69, 9.17) is 4.74 Å². The molecule has 1 saturated carbocycles. The summed E-state index contributed by atoms with van der Waals surface area (Å²) in [5.74, 6) is -3.26. The van der Waals surface area contributed by atoms with Gasteiger partial charge in [0.25, 0.3) is 0 Å². The molecule has 1 saturated heterocycles. The Morgan fingerprint density at radius 3 is 2.51 bits per heavy atom. The second-order valence-corrected chi connectivity index (χ2v) is 11.0. The number of esters is 1. The monoisotopic (exact) mass is 507 g/mol. The van der Waals surface area contributed by atoms with Crippen molar-refractivity contribution >= 4 is 17.7 Å². The zero-order chi connectivity index (χ0) is 27.1. The molecule has 198 valence electrons. The van der Waals surface area contributed by atoms with E-state index in [1.807, 2.05) is 37.3 Å². The molecule has 2 aliphatic carbocycles. The van der Waals surface area contributed by atoms with Crippen molar-refractivity contribution in [2.24, 2.45) is 29.1 Å². The molecule has 1 aromatic rings. The average Bonchev–Trinajstić information content (AvgIpc) is 3.13. The Morgan fingerprint density at radius 2 is 1.86 bits per heavy atom. The number of ether oxygens (including phenoxy) is 1. The average molecular weight is 508 g/mol. The molecule has 1 heterocycles. The van der Waals surface area contributed by atoms with E-state index in [1.54, 1.807) is 19.1 Å². The van der Waals surface area contributed by atoms with Crippen LogP contribution in [0.5, 0.6) is 0 Å². The smallest absolute Gasteiger partial charge is 0.303 e. The van der Waals surface area contributed by atoms with E-state index >= 15 is 0 Å². The Morgan fingerprint density at radius 1 is 1.19 bits per heavy atom. The maximum absolute atomic E-state index is 14.2. The third-order valence-corrected chi connectivity index (χ3v) is 8.53. The number of aliphatic hydroxyl groups is 2. The zero-order valence-electron chi connectivity index (χ0n) is 21.9. The van der Waals surface area contributed by atoms with E-state index in [0.29, 0.717) is 18.4 Å². The molecular weight excluding hydrogens is 470 g/mol. The van der Waals surface area contributed by atoms with Gasteiger partial charge in [0.2, 0.25) is 5.91 Å². The highest BCUT2D eigenvalue weighted by molar-refractivity contribution is 5.91. The molecule has 1 spiro atoms. The standard InChI is InChI=1S/C30H37NO6/c1-17-10-9-13-22-26(33)19(3)18(2)25-23(16-21-11-7-6-8-12-21)31-28(35)30(22,25)24(37-20(4)32)14-15-29(5,36)27(17)34/h6-9,11-15,17-18,22-26,33,36H,3,10,16H2,1-2,4-5H3,(H,31,35)/b13-9+,15-14?/t17-,18+,22-,23-,24+,25-,26+,29+,30+/m1/s1. The summed E-state index contributed by atoms with van der Waals surface area (Å²) in [6.07, 6.45) is 5.01. The Hall–Kier alpha value is -3.03. The zero-order valence-corrected chi connectivity index (χ0v) is 21.9. The maximum Gasteiger partial charge on any atom is 0.303 e. The number of amides is 1. The second kappa shape index (κ2) is 10.0. The molecule has 0 unspecified atom stereocenters. The maximum atomic E-state index is 14.2. The van der Waals surface area contributed by atoms with Gasteiger partial charge in [0.05, 0.1) is 6.10 Å². The van der Waals surface area contributed by atoms with E-state index in [1.165, 1.54) is 26.0 Å². The summed E-state index contributed by atoms with van der Waals surface area (Å²) in [7, 11) is 0. The Balaban J connectivity index is 1.94. The minimum Gasteiger partial charge on any atom is -0.457 e. The van der Waals surface area contributed by atoms with Crippen LogP contribution in [0.1, 0.15) is 39.7 Å². The van der Waals surface area contributed by atoms with Crippen molar-refractivity contribution in [1.82, 2.24) is 5.32 Å². The number of allylic oxidation sites excluding steroid dienone is 1. The minimum absolute atomic E-state index is 0.287. The predicted octanol–water partition coefficient (Wildman–Crippen LogP) is 2.92. The summed E-state index contributed by atoms with van der Waals surface area (Å²) < 4.78 is 5.81. The number of benzene rings is 1. The third-order valence-electron chi connectivity index (χ3n) is 8.53. The van der Waals surface area contributed by atoms with Crippen LogP contribution in [0.3, 0.4) is 0 Å². The molecular formula is C30H37NO6. The van der Waals surface area contributed by atoms with Gasteiger partial charge in [-0.05, 0) is 49.0 Å². The molecule has 0 radical (unpaired) electrons. The first-order valence-corrected chi connectivity index (χ1v) is 12.9. The summed E-state index contributed by atoms with van der Waals surface area (Å²) in [4.78, 5) is 39.5.